The molecule has 1 aliphatic heterocycles. The molecular weight excluding hydrogens is 242 g/mol. The molecule has 0 amide bonds. The van der Waals surface area contributed by atoms with Crippen molar-refractivity contribution in [1.29, 1.82) is 0 Å². The Labute approximate surface area is 112 Å². The van der Waals surface area contributed by atoms with E-state index >= 15 is 0 Å². The summed E-state index contributed by atoms with van der Waals surface area (Å²) in [6, 6.07) is 1.94. The third-order valence-electron chi connectivity index (χ3n) is 3.49. The molecule has 0 bridgehead atoms. The van der Waals surface area contributed by atoms with Gasteiger partial charge in [0, 0.05) is 11.8 Å². The number of hydrogen-bond acceptors (Lipinski definition) is 5. The molecule has 0 radical (unpaired) electrons. The zero-order chi connectivity index (χ0) is 13.2. The lowest BCUT2D eigenvalue weighted by Gasteiger charge is -2.22. The van der Waals surface area contributed by atoms with Crippen molar-refractivity contribution in [1.82, 2.24) is 24.9 Å². The lowest BCUT2D eigenvalue weighted by atomic mass is 10.1. The van der Waals surface area contributed by atoms with Gasteiger partial charge in [-0.25, -0.2) is 4.98 Å². The quantitative estimate of drug-likeness (QED) is 0.893. The zero-order valence-electron chi connectivity index (χ0n) is 11.4. The van der Waals surface area contributed by atoms with Gasteiger partial charge in [0.2, 0.25) is 0 Å². The van der Waals surface area contributed by atoms with Crippen molar-refractivity contribution in [2.24, 2.45) is 0 Å². The van der Waals surface area contributed by atoms with E-state index in [0.29, 0.717) is 12.7 Å². The molecule has 19 heavy (non-hydrogen) atoms. The molecule has 0 aromatic carbocycles. The molecule has 1 fully saturated rings. The highest BCUT2D eigenvalue weighted by atomic mass is 16.5. The number of fused-ring (bicyclic) bond motifs is 1. The van der Waals surface area contributed by atoms with Crippen LogP contribution < -0.4 is 5.32 Å². The molecule has 3 rings (SSSR count). The monoisotopic (exact) mass is 261 g/mol. The average molecular weight is 261 g/mol. The molecule has 102 valence electrons. The standard InChI is InChI=1S/C13H19N5O/c1-9-7-12-16-17-13(18(12)10(2)15-9)8-19-11-3-5-14-6-4-11/h7,11,14H,3-6,8H2,1-2H3. The second-order valence-electron chi connectivity index (χ2n) is 5.01. The first kappa shape index (κ1) is 12.5. The van der Waals surface area contributed by atoms with Crippen LogP contribution in [0.1, 0.15) is 30.2 Å². The highest BCUT2D eigenvalue weighted by Crippen LogP contribution is 2.13. The van der Waals surface area contributed by atoms with Crippen LogP contribution in [0.5, 0.6) is 0 Å². The molecule has 0 unspecified atom stereocenters. The van der Waals surface area contributed by atoms with E-state index in [9.17, 15) is 0 Å². The fraction of sp³-hybridized carbons (Fsp3) is 0.615. The van der Waals surface area contributed by atoms with Crippen molar-refractivity contribution in [3.05, 3.63) is 23.4 Å². The summed E-state index contributed by atoms with van der Waals surface area (Å²) < 4.78 is 7.90. The Morgan fingerprint density at radius 1 is 1.32 bits per heavy atom. The Balaban J connectivity index is 1.77. The lowest BCUT2D eigenvalue weighted by molar-refractivity contribution is 0.0173. The summed E-state index contributed by atoms with van der Waals surface area (Å²) in [5.74, 6) is 1.74. The molecule has 0 spiro atoms. The van der Waals surface area contributed by atoms with E-state index in [0.717, 1.165) is 48.9 Å². The third kappa shape index (κ3) is 2.59. The van der Waals surface area contributed by atoms with Crippen molar-refractivity contribution in [2.75, 3.05) is 13.1 Å². The SMILES string of the molecule is Cc1cc2nnc(COC3CCNCC3)n2c(C)n1. The van der Waals surface area contributed by atoms with Gasteiger partial charge in [0.05, 0.1) is 6.10 Å². The van der Waals surface area contributed by atoms with Crippen LogP contribution in [0.25, 0.3) is 5.65 Å². The van der Waals surface area contributed by atoms with Crippen molar-refractivity contribution in [2.45, 2.75) is 39.4 Å². The molecule has 6 heteroatoms. The molecule has 0 atom stereocenters. The Morgan fingerprint density at radius 2 is 2.11 bits per heavy atom. The van der Waals surface area contributed by atoms with Gasteiger partial charge in [-0.15, -0.1) is 10.2 Å². The fourth-order valence-corrected chi connectivity index (χ4v) is 2.55. The second-order valence-corrected chi connectivity index (χ2v) is 5.01. The molecule has 1 N–H and O–H groups in total. The highest BCUT2D eigenvalue weighted by Gasteiger charge is 2.15. The molecular formula is C13H19N5O. The molecule has 0 aliphatic carbocycles. The van der Waals surface area contributed by atoms with Crippen LogP contribution in [-0.4, -0.2) is 38.8 Å². The van der Waals surface area contributed by atoms with E-state index in [-0.39, 0.29) is 0 Å². The van der Waals surface area contributed by atoms with Crippen LogP contribution in [0.3, 0.4) is 0 Å². The first-order valence-corrected chi connectivity index (χ1v) is 6.74. The molecule has 3 heterocycles. The summed E-state index contributed by atoms with van der Waals surface area (Å²) >= 11 is 0. The number of ether oxygens (including phenoxy) is 1. The summed E-state index contributed by atoms with van der Waals surface area (Å²) in [6.07, 6.45) is 2.45. The largest absolute Gasteiger partial charge is 0.370 e. The number of nitrogens with one attached hydrogen (secondary N) is 1. The minimum atomic E-state index is 0.326. The van der Waals surface area contributed by atoms with Gasteiger partial charge in [-0.05, 0) is 39.8 Å². The van der Waals surface area contributed by atoms with Gasteiger partial charge in [-0.1, -0.05) is 0 Å². The summed E-state index contributed by atoms with van der Waals surface area (Å²) in [7, 11) is 0. The van der Waals surface area contributed by atoms with E-state index in [1.165, 1.54) is 0 Å². The normalized spacial score (nSPS) is 17.2. The summed E-state index contributed by atoms with van der Waals surface area (Å²) in [4.78, 5) is 4.45. The number of aromatic nitrogens is 4. The van der Waals surface area contributed by atoms with Crippen LogP contribution in [0, 0.1) is 13.8 Å². The van der Waals surface area contributed by atoms with Crippen LogP contribution in [0.2, 0.25) is 0 Å². The van der Waals surface area contributed by atoms with Crippen LogP contribution in [0.4, 0.5) is 0 Å². The van der Waals surface area contributed by atoms with Crippen molar-refractivity contribution in [3.8, 4) is 0 Å². The van der Waals surface area contributed by atoms with Gasteiger partial charge in [0.15, 0.2) is 11.5 Å². The van der Waals surface area contributed by atoms with Gasteiger partial charge in [0.1, 0.15) is 12.4 Å². The molecule has 6 nitrogen and oxygen atoms in total. The number of piperidine rings is 1. The molecule has 0 saturated carbocycles. The molecule has 1 aliphatic rings. The van der Waals surface area contributed by atoms with Gasteiger partial charge < -0.3 is 10.1 Å². The van der Waals surface area contributed by atoms with Crippen molar-refractivity contribution >= 4 is 5.65 Å². The van der Waals surface area contributed by atoms with E-state index in [2.05, 4.69) is 20.5 Å². The first-order valence-electron chi connectivity index (χ1n) is 6.74. The molecule has 1 saturated heterocycles. The Bertz CT molecular complexity index is 574. The summed E-state index contributed by atoms with van der Waals surface area (Å²) in [6.45, 7) is 6.50. The maximum absolute atomic E-state index is 5.93. The number of hydrogen-bond donors (Lipinski definition) is 1. The lowest BCUT2D eigenvalue weighted by Crippen LogP contribution is -2.32. The van der Waals surface area contributed by atoms with Gasteiger partial charge >= 0.3 is 0 Å². The summed E-state index contributed by atoms with van der Waals surface area (Å²) in [5.41, 5.74) is 1.80. The summed E-state index contributed by atoms with van der Waals surface area (Å²) in [5, 5.41) is 11.7. The van der Waals surface area contributed by atoms with E-state index in [1.807, 2.05) is 24.3 Å². The molecule has 2 aromatic rings. The minimum absolute atomic E-state index is 0.326. The van der Waals surface area contributed by atoms with Crippen molar-refractivity contribution < 1.29 is 4.74 Å². The van der Waals surface area contributed by atoms with E-state index < -0.39 is 0 Å². The number of aryl methyl sites for hydroxylation is 2. The van der Waals surface area contributed by atoms with Crippen molar-refractivity contribution in [3.63, 3.8) is 0 Å². The van der Waals surface area contributed by atoms with Crippen LogP contribution >= 0.6 is 0 Å². The van der Waals surface area contributed by atoms with E-state index in [1.54, 1.807) is 0 Å². The van der Waals surface area contributed by atoms with Gasteiger partial charge in [-0.3, -0.25) is 4.40 Å². The highest BCUT2D eigenvalue weighted by molar-refractivity contribution is 5.39. The number of rotatable bonds is 3. The topological polar surface area (TPSA) is 64.3 Å². The van der Waals surface area contributed by atoms with Gasteiger partial charge in [-0.2, -0.15) is 0 Å². The first-order chi connectivity index (χ1) is 9.24. The van der Waals surface area contributed by atoms with E-state index in [4.69, 9.17) is 4.74 Å². The van der Waals surface area contributed by atoms with Crippen LogP contribution in [-0.2, 0) is 11.3 Å². The molecule has 2 aromatic heterocycles. The average Bonchev–Trinajstić information content (AvgIpc) is 2.81. The zero-order valence-corrected chi connectivity index (χ0v) is 11.4. The minimum Gasteiger partial charge on any atom is -0.370 e. The fourth-order valence-electron chi connectivity index (χ4n) is 2.55. The predicted octanol–water partition coefficient (Wildman–Crippen LogP) is 1.01. The third-order valence-corrected chi connectivity index (χ3v) is 3.49. The van der Waals surface area contributed by atoms with Crippen LogP contribution in [0.15, 0.2) is 6.07 Å². The Kier molecular flexibility index (Phi) is 3.44. The number of nitrogens with zero attached hydrogens (tertiary/aromatic N) is 4. The predicted molar refractivity (Wildman–Crippen MR) is 70.9 cm³/mol. The Morgan fingerprint density at radius 3 is 2.89 bits per heavy atom. The second kappa shape index (κ2) is 5.22. The Hall–Kier alpha value is -1.53. The maximum atomic E-state index is 5.93. The van der Waals surface area contributed by atoms with Gasteiger partial charge in [0.25, 0.3) is 0 Å². The smallest absolute Gasteiger partial charge is 0.164 e. The maximum Gasteiger partial charge on any atom is 0.164 e.